The second-order valence-corrected chi connectivity index (χ2v) is 8.31. The minimum atomic E-state index is -0.755. The molecule has 180 valence electrons. The normalized spacial score (nSPS) is 13.4. The summed E-state index contributed by atoms with van der Waals surface area (Å²) in [6, 6.07) is 22.0. The van der Waals surface area contributed by atoms with E-state index in [0.717, 1.165) is 12.8 Å². The van der Waals surface area contributed by atoms with Crippen molar-refractivity contribution < 1.29 is 28.2 Å². The number of rotatable bonds is 10. The molecule has 0 bridgehead atoms. The first-order valence-corrected chi connectivity index (χ1v) is 11.2. The fourth-order valence-corrected chi connectivity index (χ4v) is 3.69. The molecule has 1 fully saturated rings. The number of anilines is 1. The van der Waals surface area contributed by atoms with Crippen molar-refractivity contribution in [1.29, 1.82) is 0 Å². The molecule has 0 radical (unpaired) electrons. The molecular formula is C27H25FN2O5. The van der Waals surface area contributed by atoms with Crippen LogP contribution in [0.1, 0.15) is 28.8 Å². The van der Waals surface area contributed by atoms with Gasteiger partial charge in [0.05, 0.1) is 5.69 Å². The van der Waals surface area contributed by atoms with Gasteiger partial charge in [-0.2, -0.15) is 0 Å². The topological polar surface area (TPSA) is 93.7 Å². The van der Waals surface area contributed by atoms with Gasteiger partial charge in [-0.1, -0.05) is 54.6 Å². The van der Waals surface area contributed by atoms with Crippen molar-refractivity contribution in [1.82, 2.24) is 5.32 Å². The highest BCUT2D eigenvalue weighted by Crippen LogP contribution is 2.47. The van der Waals surface area contributed by atoms with Crippen LogP contribution in [-0.2, 0) is 19.7 Å². The van der Waals surface area contributed by atoms with Crippen molar-refractivity contribution in [3.05, 3.63) is 95.8 Å². The van der Waals surface area contributed by atoms with Crippen LogP contribution in [0.4, 0.5) is 10.1 Å². The van der Waals surface area contributed by atoms with Gasteiger partial charge >= 0.3 is 5.97 Å². The fourth-order valence-electron chi connectivity index (χ4n) is 3.69. The van der Waals surface area contributed by atoms with Gasteiger partial charge in [-0.25, -0.2) is 9.18 Å². The lowest BCUT2D eigenvalue weighted by molar-refractivity contribution is -0.124. The molecule has 8 heteroatoms. The second-order valence-electron chi connectivity index (χ2n) is 8.31. The molecule has 1 aliphatic carbocycles. The van der Waals surface area contributed by atoms with Gasteiger partial charge in [0.1, 0.15) is 17.1 Å². The predicted molar refractivity (Wildman–Crippen MR) is 128 cm³/mol. The lowest BCUT2D eigenvalue weighted by Crippen LogP contribution is -2.35. The van der Waals surface area contributed by atoms with Gasteiger partial charge in [-0.05, 0) is 42.7 Å². The number of nitrogens with one attached hydrogen (secondary N) is 2. The molecule has 1 aliphatic rings. The zero-order chi connectivity index (χ0) is 24.7. The molecule has 0 heterocycles. The van der Waals surface area contributed by atoms with Crippen molar-refractivity contribution >= 4 is 23.5 Å². The van der Waals surface area contributed by atoms with E-state index < -0.39 is 36.8 Å². The van der Waals surface area contributed by atoms with Crippen molar-refractivity contribution in [2.45, 2.75) is 18.3 Å². The highest BCUT2D eigenvalue weighted by molar-refractivity contribution is 5.95. The van der Waals surface area contributed by atoms with Gasteiger partial charge in [-0.15, -0.1) is 0 Å². The van der Waals surface area contributed by atoms with Crippen LogP contribution >= 0.6 is 0 Å². The first-order valence-electron chi connectivity index (χ1n) is 11.2. The third-order valence-corrected chi connectivity index (χ3v) is 5.81. The summed E-state index contributed by atoms with van der Waals surface area (Å²) in [5.41, 5.74) is 1.23. The molecule has 0 unspecified atom stereocenters. The number of carbonyl (C=O) groups excluding carboxylic acids is 3. The van der Waals surface area contributed by atoms with E-state index in [0.29, 0.717) is 6.54 Å². The second kappa shape index (κ2) is 10.8. The molecule has 0 aromatic heterocycles. The molecule has 7 nitrogen and oxygen atoms in total. The molecule has 3 aromatic carbocycles. The molecule has 4 rings (SSSR count). The summed E-state index contributed by atoms with van der Waals surface area (Å²) in [5.74, 6) is -2.20. The van der Waals surface area contributed by atoms with Crippen molar-refractivity contribution in [3.63, 3.8) is 0 Å². The Hall–Kier alpha value is -4.20. The number of hydrogen-bond donors (Lipinski definition) is 2. The summed E-state index contributed by atoms with van der Waals surface area (Å²) in [7, 11) is 0. The zero-order valence-electron chi connectivity index (χ0n) is 19.0. The number of ether oxygens (including phenoxy) is 2. The average Bonchev–Trinajstić information content (AvgIpc) is 3.68. The summed E-state index contributed by atoms with van der Waals surface area (Å²) in [4.78, 5) is 37.0. The number of esters is 1. The van der Waals surface area contributed by atoms with Gasteiger partial charge in [0.25, 0.3) is 11.8 Å². The molecular weight excluding hydrogens is 451 g/mol. The Morgan fingerprint density at radius 3 is 2.26 bits per heavy atom. The lowest BCUT2D eigenvalue weighted by atomic mass is 9.96. The first-order chi connectivity index (χ1) is 17.0. The van der Waals surface area contributed by atoms with E-state index in [1.807, 2.05) is 30.3 Å². The number of carbonyl (C=O) groups is 3. The average molecular weight is 477 g/mol. The quantitative estimate of drug-likeness (QED) is 0.434. The van der Waals surface area contributed by atoms with Crippen LogP contribution in [0.3, 0.4) is 0 Å². The largest absolute Gasteiger partial charge is 0.483 e. The van der Waals surface area contributed by atoms with Crippen LogP contribution in [0, 0.1) is 5.82 Å². The van der Waals surface area contributed by atoms with Gasteiger partial charge in [-0.3, -0.25) is 9.59 Å². The fraction of sp³-hybridized carbons (Fsp3) is 0.222. The maximum atomic E-state index is 13.7. The Bertz CT molecular complexity index is 1210. The first kappa shape index (κ1) is 23.9. The summed E-state index contributed by atoms with van der Waals surface area (Å²) in [5, 5.41) is 5.25. The number of halogens is 1. The summed E-state index contributed by atoms with van der Waals surface area (Å²) >= 11 is 0. The Balaban J connectivity index is 1.26. The molecule has 0 atom stereocenters. The van der Waals surface area contributed by atoms with Gasteiger partial charge in [0, 0.05) is 12.0 Å². The van der Waals surface area contributed by atoms with Crippen LogP contribution < -0.4 is 15.4 Å². The van der Waals surface area contributed by atoms with E-state index in [-0.39, 0.29) is 22.4 Å². The SMILES string of the molecule is O=C(COC(=O)c1ccccc1OCC(=O)Nc1ccccc1F)NCC1(c2ccccc2)CC1. The van der Waals surface area contributed by atoms with Crippen LogP contribution in [-0.4, -0.2) is 37.5 Å². The monoisotopic (exact) mass is 476 g/mol. The molecule has 35 heavy (non-hydrogen) atoms. The molecule has 0 saturated heterocycles. The van der Waals surface area contributed by atoms with E-state index in [9.17, 15) is 18.8 Å². The molecule has 0 spiro atoms. The van der Waals surface area contributed by atoms with Crippen molar-refractivity contribution in [2.75, 3.05) is 25.1 Å². The van der Waals surface area contributed by atoms with Gasteiger partial charge in [0.2, 0.25) is 0 Å². The summed E-state index contributed by atoms with van der Waals surface area (Å²) < 4.78 is 24.3. The third-order valence-electron chi connectivity index (χ3n) is 5.81. The molecule has 3 aromatic rings. The standard InChI is InChI=1S/C27H25FN2O5/c28-21-11-5-6-12-22(21)30-25(32)17-34-23-13-7-4-10-20(23)26(33)35-16-24(31)29-18-27(14-15-27)19-8-2-1-3-9-19/h1-13H,14-18H2,(H,29,31)(H,30,32). The Labute approximate surface area is 202 Å². The van der Waals surface area contributed by atoms with Gasteiger partial charge in [0.15, 0.2) is 13.2 Å². The van der Waals surface area contributed by atoms with Crippen LogP contribution in [0.25, 0.3) is 0 Å². The van der Waals surface area contributed by atoms with E-state index >= 15 is 0 Å². The molecule has 2 amide bonds. The van der Waals surface area contributed by atoms with Gasteiger partial charge < -0.3 is 20.1 Å². The van der Waals surface area contributed by atoms with Crippen molar-refractivity contribution in [2.24, 2.45) is 0 Å². The molecule has 0 aliphatic heterocycles. The van der Waals surface area contributed by atoms with E-state index in [2.05, 4.69) is 10.6 Å². The highest BCUT2D eigenvalue weighted by atomic mass is 19.1. The number of hydrogen-bond acceptors (Lipinski definition) is 5. The smallest absolute Gasteiger partial charge is 0.342 e. The maximum absolute atomic E-state index is 13.7. The van der Waals surface area contributed by atoms with E-state index in [1.54, 1.807) is 18.2 Å². The van der Waals surface area contributed by atoms with Crippen LogP contribution in [0.2, 0.25) is 0 Å². The Kier molecular flexibility index (Phi) is 7.40. The van der Waals surface area contributed by atoms with E-state index in [4.69, 9.17) is 9.47 Å². The minimum Gasteiger partial charge on any atom is -0.483 e. The number of para-hydroxylation sites is 2. The lowest BCUT2D eigenvalue weighted by Gasteiger charge is -2.16. The highest BCUT2D eigenvalue weighted by Gasteiger charge is 2.44. The number of benzene rings is 3. The minimum absolute atomic E-state index is 0.0278. The van der Waals surface area contributed by atoms with E-state index in [1.165, 1.54) is 35.9 Å². The molecule has 2 N–H and O–H groups in total. The van der Waals surface area contributed by atoms with Crippen LogP contribution in [0.15, 0.2) is 78.9 Å². The third kappa shape index (κ3) is 6.23. The maximum Gasteiger partial charge on any atom is 0.342 e. The Morgan fingerprint density at radius 2 is 1.51 bits per heavy atom. The van der Waals surface area contributed by atoms with Crippen molar-refractivity contribution in [3.8, 4) is 5.75 Å². The Morgan fingerprint density at radius 1 is 0.829 bits per heavy atom. The molecule has 1 saturated carbocycles. The van der Waals surface area contributed by atoms with Crippen LogP contribution in [0.5, 0.6) is 5.75 Å². The predicted octanol–water partition coefficient (Wildman–Crippen LogP) is 3.85. The summed E-state index contributed by atoms with van der Waals surface area (Å²) in [6.45, 7) is -0.406. The summed E-state index contributed by atoms with van der Waals surface area (Å²) in [6.07, 6.45) is 1.98. The zero-order valence-corrected chi connectivity index (χ0v) is 19.0. The number of amides is 2.